The predicted octanol–water partition coefficient (Wildman–Crippen LogP) is 0.604. The maximum Gasteiger partial charge on any atom is 0.0582 e. The first-order valence-electron chi connectivity index (χ1n) is 4.82. The van der Waals surface area contributed by atoms with Gasteiger partial charge in [0, 0.05) is 12.1 Å². The summed E-state index contributed by atoms with van der Waals surface area (Å²) in [6, 6.07) is 0.304. The van der Waals surface area contributed by atoms with Crippen LogP contribution in [0.4, 0.5) is 0 Å². The van der Waals surface area contributed by atoms with Gasteiger partial charge in [0.1, 0.15) is 0 Å². The lowest BCUT2D eigenvalue weighted by molar-refractivity contribution is 0.257. The summed E-state index contributed by atoms with van der Waals surface area (Å²) in [5.41, 5.74) is 11.3. The average Bonchev–Trinajstić information content (AvgIpc) is 2.11. The third-order valence-electron chi connectivity index (χ3n) is 2.16. The quantitative estimate of drug-likeness (QED) is 0.495. The molecule has 0 heterocycles. The minimum Gasteiger partial charge on any atom is -0.395 e. The molecule has 3 heteroatoms. The van der Waals surface area contributed by atoms with Crippen LogP contribution in [0.15, 0.2) is 0 Å². The molecule has 0 aliphatic rings. The second-order valence-electron chi connectivity index (χ2n) is 3.40. The number of aliphatic hydroxyl groups is 1. The van der Waals surface area contributed by atoms with Crippen LogP contribution in [0.2, 0.25) is 0 Å². The first-order chi connectivity index (χ1) is 5.70. The van der Waals surface area contributed by atoms with E-state index in [0.29, 0.717) is 6.04 Å². The van der Waals surface area contributed by atoms with Crippen molar-refractivity contribution in [2.24, 2.45) is 11.5 Å². The maximum absolute atomic E-state index is 8.64. The van der Waals surface area contributed by atoms with E-state index in [1.54, 1.807) is 0 Å². The van der Waals surface area contributed by atoms with Crippen molar-refractivity contribution in [2.45, 2.75) is 51.1 Å². The number of hydrogen-bond donors (Lipinski definition) is 3. The Kier molecular flexibility index (Phi) is 7.45. The van der Waals surface area contributed by atoms with Crippen molar-refractivity contribution in [3.05, 3.63) is 0 Å². The molecule has 3 nitrogen and oxygen atoms in total. The number of unbranched alkanes of at least 4 members (excludes halogenated alkanes) is 1. The highest BCUT2D eigenvalue weighted by molar-refractivity contribution is 4.62. The van der Waals surface area contributed by atoms with Crippen molar-refractivity contribution >= 4 is 0 Å². The lowest BCUT2D eigenvalue weighted by Crippen LogP contribution is -2.24. The Bertz CT molecular complexity index is 86.5. The van der Waals surface area contributed by atoms with Gasteiger partial charge in [0.15, 0.2) is 0 Å². The topological polar surface area (TPSA) is 72.3 Å². The monoisotopic (exact) mass is 174 g/mol. The molecule has 0 spiro atoms. The van der Waals surface area contributed by atoms with Crippen LogP contribution in [0.1, 0.15) is 39.0 Å². The highest BCUT2D eigenvalue weighted by atomic mass is 16.3. The molecule has 74 valence electrons. The smallest absolute Gasteiger partial charge is 0.0582 e. The molecule has 2 atom stereocenters. The summed E-state index contributed by atoms with van der Waals surface area (Å²) < 4.78 is 0. The zero-order valence-electron chi connectivity index (χ0n) is 8.00. The fraction of sp³-hybridized carbons (Fsp3) is 1.00. The Morgan fingerprint density at radius 3 is 2.00 bits per heavy atom. The molecular weight excluding hydrogens is 152 g/mol. The van der Waals surface area contributed by atoms with E-state index in [0.717, 1.165) is 32.1 Å². The van der Waals surface area contributed by atoms with Gasteiger partial charge in [-0.15, -0.1) is 0 Å². The van der Waals surface area contributed by atoms with E-state index in [2.05, 4.69) is 6.92 Å². The molecular formula is C9H22N2O. The van der Waals surface area contributed by atoms with Gasteiger partial charge in [-0.1, -0.05) is 19.8 Å². The summed E-state index contributed by atoms with van der Waals surface area (Å²) in [7, 11) is 0. The largest absolute Gasteiger partial charge is 0.395 e. The molecule has 0 saturated carbocycles. The Balaban J connectivity index is 3.10. The van der Waals surface area contributed by atoms with Crippen molar-refractivity contribution in [3.63, 3.8) is 0 Å². The molecule has 0 aromatic rings. The number of nitrogens with two attached hydrogens (primary N) is 2. The summed E-state index contributed by atoms with van der Waals surface area (Å²) in [4.78, 5) is 0. The molecule has 12 heavy (non-hydrogen) atoms. The van der Waals surface area contributed by atoms with Gasteiger partial charge in [-0.05, 0) is 19.3 Å². The number of aliphatic hydroxyl groups excluding tert-OH is 1. The minimum atomic E-state index is -0.0390. The van der Waals surface area contributed by atoms with Crippen LogP contribution in [0, 0.1) is 0 Å². The van der Waals surface area contributed by atoms with Crippen molar-refractivity contribution in [3.8, 4) is 0 Å². The van der Waals surface area contributed by atoms with Crippen LogP contribution in [-0.2, 0) is 0 Å². The average molecular weight is 174 g/mol. The molecule has 0 aromatic heterocycles. The van der Waals surface area contributed by atoms with Crippen molar-refractivity contribution < 1.29 is 5.11 Å². The molecule has 2 unspecified atom stereocenters. The Morgan fingerprint density at radius 2 is 1.58 bits per heavy atom. The standard InChI is InChI=1S/C9H22N2O/c1-2-8(10)5-3-4-6-9(11)7-12/h8-9,12H,2-7,10-11H2,1H3. The molecule has 0 saturated heterocycles. The molecule has 0 aliphatic carbocycles. The zero-order chi connectivity index (χ0) is 9.40. The summed E-state index contributed by atoms with van der Waals surface area (Å²) >= 11 is 0. The molecule has 0 radical (unpaired) electrons. The lowest BCUT2D eigenvalue weighted by Gasteiger charge is -2.10. The summed E-state index contributed by atoms with van der Waals surface area (Å²) in [6.45, 7) is 2.20. The lowest BCUT2D eigenvalue weighted by atomic mass is 10.0. The van der Waals surface area contributed by atoms with E-state index < -0.39 is 0 Å². The molecule has 0 bridgehead atoms. The van der Waals surface area contributed by atoms with E-state index in [1.165, 1.54) is 0 Å². The van der Waals surface area contributed by atoms with E-state index in [9.17, 15) is 0 Å². The van der Waals surface area contributed by atoms with E-state index >= 15 is 0 Å². The zero-order valence-corrected chi connectivity index (χ0v) is 8.00. The fourth-order valence-electron chi connectivity index (χ4n) is 1.11. The Morgan fingerprint density at radius 1 is 1.08 bits per heavy atom. The summed E-state index contributed by atoms with van der Waals surface area (Å²) in [5.74, 6) is 0. The van der Waals surface area contributed by atoms with Crippen molar-refractivity contribution in [1.29, 1.82) is 0 Å². The molecule has 0 aromatic carbocycles. The number of hydrogen-bond acceptors (Lipinski definition) is 3. The van der Waals surface area contributed by atoms with Crippen LogP contribution in [-0.4, -0.2) is 23.8 Å². The minimum absolute atomic E-state index is 0.0390. The SMILES string of the molecule is CCC(N)CCCCC(N)CO. The van der Waals surface area contributed by atoms with Gasteiger partial charge in [0.25, 0.3) is 0 Å². The second kappa shape index (κ2) is 7.53. The predicted molar refractivity (Wildman–Crippen MR) is 51.8 cm³/mol. The number of rotatable bonds is 7. The molecule has 0 rings (SSSR count). The first kappa shape index (κ1) is 11.9. The van der Waals surface area contributed by atoms with Crippen LogP contribution < -0.4 is 11.5 Å². The van der Waals surface area contributed by atoms with Crippen LogP contribution in [0.3, 0.4) is 0 Å². The molecule has 0 fully saturated rings. The van der Waals surface area contributed by atoms with E-state index in [4.69, 9.17) is 16.6 Å². The van der Waals surface area contributed by atoms with Gasteiger partial charge in [0.05, 0.1) is 6.61 Å². The Hall–Kier alpha value is -0.120. The molecule has 0 aliphatic heterocycles. The van der Waals surface area contributed by atoms with Gasteiger partial charge in [-0.3, -0.25) is 0 Å². The van der Waals surface area contributed by atoms with Gasteiger partial charge in [-0.2, -0.15) is 0 Å². The van der Waals surface area contributed by atoms with Crippen LogP contribution in [0.5, 0.6) is 0 Å². The first-order valence-corrected chi connectivity index (χ1v) is 4.82. The van der Waals surface area contributed by atoms with Gasteiger partial charge in [-0.25, -0.2) is 0 Å². The van der Waals surface area contributed by atoms with Crippen LogP contribution >= 0.6 is 0 Å². The van der Waals surface area contributed by atoms with E-state index in [1.807, 2.05) is 0 Å². The molecule has 5 N–H and O–H groups in total. The highest BCUT2D eigenvalue weighted by Crippen LogP contribution is 2.05. The second-order valence-corrected chi connectivity index (χ2v) is 3.40. The Labute approximate surface area is 75.1 Å². The van der Waals surface area contributed by atoms with Crippen LogP contribution in [0.25, 0.3) is 0 Å². The van der Waals surface area contributed by atoms with Crippen molar-refractivity contribution in [2.75, 3.05) is 6.61 Å². The van der Waals surface area contributed by atoms with Gasteiger partial charge >= 0.3 is 0 Å². The van der Waals surface area contributed by atoms with Gasteiger partial charge < -0.3 is 16.6 Å². The fourth-order valence-corrected chi connectivity index (χ4v) is 1.11. The van der Waals surface area contributed by atoms with Gasteiger partial charge in [0.2, 0.25) is 0 Å². The van der Waals surface area contributed by atoms with Crippen molar-refractivity contribution in [1.82, 2.24) is 0 Å². The third kappa shape index (κ3) is 6.58. The normalized spacial score (nSPS) is 16.0. The van der Waals surface area contributed by atoms with E-state index in [-0.39, 0.29) is 12.6 Å². The molecule has 0 amide bonds. The summed E-state index contributed by atoms with van der Waals surface area (Å²) in [5, 5.41) is 8.64. The highest BCUT2D eigenvalue weighted by Gasteiger charge is 2.01. The maximum atomic E-state index is 8.64. The third-order valence-corrected chi connectivity index (χ3v) is 2.16. The summed E-state index contributed by atoms with van der Waals surface area (Å²) in [6.07, 6.45) is 5.24.